The van der Waals surface area contributed by atoms with Crippen LogP contribution in [0.5, 0.6) is 5.75 Å². The minimum absolute atomic E-state index is 0.0506. The van der Waals surface area contributed by atoms with E-state index in [0.717, 1.165) is 11.3 Å². The molecule has 2 N–H and O–H groups in total. The van der Waals surface area contributed by atoms with E-state index in [2.05, 4.69) is 0 Å². The highest BCUT2D eigenvalue weighted by Gasteiger charge is 2.29. The Balaban J connectivity index is 2.44. The largest absolute Gasteiger partial charge is 0.492 e. The molecule has 1 aromatic carbocycles. The second-order valence-corrected chi connectivity index (χ2v) is 6.27. The van der Waals surface area contributed by atoms with Crippen molar-refractivity contribution < 1.29 is 9.53 Å². The van der Waals surface area contributed by atoms with Gasteiger partial charge in [-0.2, -0.15) is 0 Å². The molecule has 0 aliphatic heterocycles. The second kappa shape index (κ2) is 6.75. The van der Waals surface area contributed by atoms with Crippen LogP contribution in [0.4, 0.5) is 0 Å². The Labute approximate surface area is 121 Å². The number of rotatable bonds is 5. The molecule has 1 aromatic rings. The summed E-state index contributed by atoms with van der Waals surface area (Å²) < 4.78 is 5.64. The highest BCUT2D eigenvalue weighted by Crippen LogP contribution is 2.18. The van der Waals surface area contributed by atoms with Gasteiger partial charge in [-0.15, -0.1) is 0 Å². The molecular formula is C16H26N2O2. The number of amides is 1. The molecule has 0 saturated carbocycles. The fourth-order valence-corrected chi connectivity index (χ4v) is 1.72. The molecule has 0 aliphatic rings. The van der Waals surface area contributed by atoms with Crippen LogP contribution in [0.3, 0.4) is 0 Å². The van der Waals surface area contributed by atoms with Crippen LogP contribution < -0.4 is 10.5 Å². The number of ether oxygens (including phenoxy) is 1. The van der Waals surface area contributed by atoms with Gasteiger partial charge in [-0.3, -0.25) is 4.79 Å². The van der Waals surface area contributed by atoms with Crippen molar-refractivity contribution in [1.82, 2.24) is 4.90 Å². The summed E-state index contributed by atoms with van der Waals surface area (Å²) in [5.74, 6) is 0.774. The molecule has 20 heavy (non-hydrogen) atoms. The van der Waals surface area contributed by atoms with E-state index in [9.17, 15) is 4.79 Å². The van der Waals surface area contributed by atoms with E-state index in [1.165, 1.54) is 0 Å². The topological polar surface area (TPSA) is 55.6 Å². The number of aryl methyl sites for hydroxylation is 1. The predicted octanol–water partition coefficient (Wildman–Crippen LogP) is 2.21. The van der Waals surface area contributed by atoms with Crippen LogP contribution in [-0.2, 0) is 4.79 Å². The Morgan fingerprint density at radius 1 is 1.40 bits per heavy atom. The van der Waals surface area contributed by atoms with Crippen LogP contribution in [0.1, 0.15) is 26.3 Å². The zero-order chi connectivity index (χ0) is 15.3. The average molecular weight is 278 g/mol. The van der Waals surface area contributed by atoms with Gasteiger partial charge >= 0.3 is 0 Å². The number of likely N-dealkylation sites (N-methyl/N-ethyl adjacent to an activating group) is 1. The Morgan fingerprint density at radius 2 is 2.05 bits per heavy atom. The van der Waals surface area contributed by atoms with Crippen molar-refractivity contribution in [2.24, 2.45) is 11.1 Å². The molecule has 0 fully saturated rings. The van der Waals surface area contributed by atoms with E-state index < -0.39 is 6.04 Å². The molecule has 0 unspecified atom stereocenters. The van der Waals surface area contributed by atoms with Crippen LogP contribution in [0.2, 0.25) is 0 Å². The molecule has 1 amide bonds. The smallest absolute Gasteiger partial charge is 0.239 e. The molecular weight excluding hydrogens is 252 g/mol. The number of carbonyl (C=O) groups is 1. The van der Waals surface area contributed by atoms with Crippen molar-refractivity contribution in [1.29, 1.82) is 0 Å². The number of nitrogens with two attached hydrogens (primary N) is 1. The van der Waals surface area contributed by atoms with Crippen molar-refractivity contribution in [2.45, 2.75) is 33.7 Å². The molecule has 4 heteroatoms. The molecule has 112 valence electrons. The van der Waals surface area contributed by atoms with Crippen LogP contribution in [0, 0.1) is 12.3 Å². The van der Waals surface area contributed by atoms with Gasteiger partial charge in [0.2, 0.25) is 5.91 Å². The van der Waals surface area contributed by atoms with Crippen LogP contribution >= 0.6 is 0 Å². The molecule has 0 saturated heterocycles. The second-order valence-electron chi connectivity index (χ2n) is 6.27. The van der Waals surface area contributed by atoms with Gasteiger partial charge in [-0.05, 0) is 30.0 Å². The number of hydrogen-bond donors (Lipinski definition) is 1. The molecule has 0 aliphatic carbocycles. The van der Waals surface area contributed by atoms with Gasteiger partial charge in [-0.25, -0.2) is 0 Å². The maximum atomic E-state index is 12.1. The molecule has 0 aromatic heterocycles. The van der Waals surface area contributed by atoms with E-state index in [0.29, 0.717) is 13.2 Å². The highest BCUT2D eigenvalue weighted by molar-refractivity contribution is 5.82. The first-order valence-electron chi connectivity index (χ1n) is 6.92. The first-order chi connectivity index (χ1) is 9.21. The Kier molecular flexibility index (Phi) is 5.57. The summed E-state index contributed by atoms with van der Waals surface area (Å²) in [5.41, 5.74) is 6.89. The lowest BCUT2D eigenvalue weighted by Crippen LogP contribution is -2.49. The summed E-state index contributed by atoms with van der Waals surface area (Å²) in [5, 5.41) is 0. The fourth-order valence-electron chi connectivity index (χ4n) is 1.72. The molecule has 1 atom stereocenters. The number of benzene rings is 1. The first kappa shape index (κ1) is 16.5. The molecule has 0 bridgehead atoms. The molecule has 1 rings (SSSR count). The van der Waals surface area contributed by atoms with Crippen molar-refractivity contribution in [3.8, 4) is 5.75 Å². The highest BCUT2D eigenvalue weighted by atomic mass is 16.5. The average Bonchev–Trinajstić information content (AvgIpc) is 2.35. The summed E-state index contributed by atoms with van der Waals surface area (Å²) in [6.45, 7) is 8.90. The van der Waals surface area contributed by atoms with E-state index in [1.807, 2.05) is 52.0 Å². The Hall–Kier alpha value is -1.55. The van der Waals surface area contributed by atoms with Gasteiger partial charge in [0.1, 0.15) is 12.4 Å². The maximum Gasteiger partial charge on any atom is 0.239 e. The van der Waals surface area contributed by atoms with Gasteiger partial charge < -0.3 is 15.4 Å². The summed E-state index contributed by atoms with van der Waals surface area (Å²) in [6, 6.07) is 7.37. The lowest BCUT2D eigenvalue weighted by atomic mass is 9.86. The zero-order valence-electron chi connectivity index (χ0n) is 13.1. The van der Waals surface area contributed by atoms with E-state index in [1.54, 1.807) is 11.9 Å². The minimum Gasteiger partial charge on any atom is -0.492 e. The molecule has 0 heterocycles. The normalized spacial score (nSPS) is 12.9. The summed E-state index contributed by atoms with van der Waals surface area (Å²) in [7, 11) is 1.76. The van der Waals surface area contributed by atoms with Gasteiger partial charge in [-0.1, -0.05) is 32.9 Å². The molecule has 0 radical (unpaired) electrons. The van der Waals surface area contributed by atoms with Crippen molar-refractivity contribution in [3.05, 3.63) is 29.8 Å². The third-order valence-corrected chi connectivity index (χ3v) is 3.26. The van der Waals surface area contributed by atoms with Crippen LogP contribution in [0.15, 0.2) is 24.3 Å². The Bertz CT molecular complexity index is 452. The summed E-state index contributed by atoms with van der Waals surface area (Å²) >= 11 is 0. The third-order valence-electron chi connectivity index (χ3n) is 3.26. The summed E-state index contributed by atoms with van der Waals surface area (Å²) in [4.78, 5) is 13.8. The standard InChI is InChI=1S/C16H26N2O2/c1-12-7-6-8-13(11-12)20-10-9-18(5)15(19)14(17)16(2,3)4/h6-8,11,14H,9-10,17H2,1-5H3/t14-/m0/s1. The SMILES string of the molecule is Cc1cccc(OCCN(C)C(=O)[C@H](N)C(C)(C)C)c1. The fraction of sp³-hybridized carbons (Fsp3) is 0.562. The first-order valence-corrected chi connectivity index (χ1v) is 6.92. The molecule has 4 nitrogen and oxygen atoms in total. The van der Waals surface area contributed by atoms with Gasteiger partial charge in [0.05, 0.1) is 12.6 Å². The number of nitrogens with zero attached hydrogens (tertiary/aromatic N) is 1. The Morgan fingerprint density at radius 3 is 2.60 bits per heavy atom. The lowest BCUT2D eigenvalue weighted by Gasteiger charge is -2.29. The number of carbonyl (C=O) groups excluding carboxylic acids is 1. The monoisotopic (exact) mass is 278 g/mol. The van der Waals surface area contributed by atoms with Crippen LogP contribution in [0.25, 0.3) is 0 Å². The van der Waals surface area contributed by atoms with E-state index in [4.69, 9.17) is 10.5 Å². The zero-order valence-corrected chi connectivity index (χ0v) is 13.1. The van der Waals surface area contributed by atoms with Crippen molar-refractivity contribution in [3.63, 3.8) is 0 Å². The maximum absolute atomic E-state index is 12.1. The quantitative estimate of drug-likeness (QED) is 0.898. The van der Waals surface area contributed by atoms with Gasteiger partial charge in [0, 0.05) is 7.05 Å². The summed E-state index contributed by atoms with van der Waals surface area (Å²) in [6.07, 6.45) is 0. The van der Waals surface area contributed by atoms with Crippen LogP contribution in [-0.4, -0.2) is 37.0 Å². The van der Waals surface area contributed by atoms with Gasteiger partial charge in [0.15, 0.2) is 0 Å². The van der Waals surface area contributed by atoms with Gasteiger partial charge in [0.25, 0.3) is 0 Å². The third kappa shape index (κ3) is 4.85. The van der Waals surface area contributed by atoms with E-state index in [-0.39, 0.29) is 11.3 Å². The number of hydrogen-bond acceptors (Lipinski definition) is 3. The minimum atomic E-state index is -0.494. The van der Waals surface area contributed by atoms with E-state index >= 15 is 0 Å². The van der Waals surface area contributed by atoms with Crippen molar-refractivity contribution >= 4 is 5.91 Å². The lowest BCUT2D eigenvalue weighted by molar-refractivity contribution is -0.133. The molecule has 0 spiro atoms. The van der Waals surface area contributed by atoms with Crippen molar-refractivity contribution in [2.75, 3.05) is 20.2 Å². The predicted molar refractivity (Wildman–Crippen MR) is 81.7 cm³/mol.